The molecule has 29 heavy (non-hydrogen) atoms. The van der Waals surface area contributed by atoms with E-state index in [-0.39, 0.29) is 38.1 Å². The monoisotopic (exact) mass is 439 g/mol. The van der Waals surface area contributed by atoms with Crippen LogP contribution < -0.4 is 14.2 Å². The van der Waals surface area contributed by atoms with Gasteiger partial charge < -0.3 is 23.9 Å². The number of sulfone groups is 1. The van der Waals surface area contributed by atoms with E-state index in [4.69, 9.17) is 30.5 Å². The van der Waals surface area contributed by atoms with E-state index in [2.05, 4.69) is 4.98 Å². The van der Waals surface area contributed by atoms with Gasteiger partial charge in [-0.25, -0.2) is 13.2 Å². The van der Waals surface area contributed by atoms with Gasteiger partial charge in [-0.2, -0.15) is 0 Å². The first kappa shape index (κ1) is 20.8. The topological polar surface area (TPSA) is 104 Å². The summed E-state index contributed by atoms with van der Waals surface area (Å²) in [6.45, 7) is 0. The van der Waals surface area contributed by atoms with Crippen molar-refractivity contribution >= 4 is 38.3 Å². The number of aromatic nitrogens is 1. The Morgan fingerprint density at radius 3 is 2.10 bits per heavy atom. The zero-order valence-corrected chi connectivity index (χ0v) is 17.6. The van der Waals surface area contributed by atoms with E-state index in [9.17, 15) is 13.2 Å². The van der Waals surface area contributed by atoms with Crippen LogP contribution in [-0.4, -0.2) is 47.8 Å². The van der Waals surface area contributed by atoms with E-state index in [0.717, 1.165) is 7.11 Å². The average Bonchev–Trinajstić information content (AvgIpc) is 3.11. The Bertz CT molecular complexity index is 1180. The van der Waals surface area contributed by atoms with E-state index < -0.39 is 15.8 Å². The van der Waals surface area contributed by atoms with Gasteiger partial charge in [-0.15, -0.1) is 0 Å². The number of carbonyl (C=O) groups excluding carboxylic acids is 1. The van der Waals surface area contributed by atoms with Crippen LogP contribution >= 0.6 is 11.6 Å². The lowest BCUT2D eigenvalue weighted by atomic mass is 10.2. The predicted octanol–water partition coefficient (Wildman–Crippen LogP) is 3.47. The molecule has 0 unspecified atom stereocenters. The van der Waals surface area contributed by atoms with Crippen LogP contribution in [0.5, 0.6) is 17.2 Å². The molecule has 1 N–H and O–H groups in total. The predicted molar refractivity (Wildman–Crippen MR) is 106 cm³/mol. The van der Waals surface area contributed by atoms with Crippen LogP contribution in [0.3, 0.4) is 0 Å². The third kappa shape index (κ3) is 3.47. The molecule has 0 saturated carbocycles. The van der Waals surface area contributed by atoms with Gasteiger partial charge in [0.25, 0.3) is 0 Å². The summed E-state index contributed by atoms with van der Waals surface area (Å²) in [7, 11) is 1.10. The summed E-state index contributed by atoms with van der Waals surface area (Å²) in [6.07, 6.45) is 0. The molecule has 1 heterocycles. The van der Waals surface area contributed by atoms with E-state index in [1.807, 2.05) is 0 Å². The summed E-state index contributed by atoms with van der Waals surface area (Å²) in [5, 5.41) is 0.570. The minimum absolute atomic E-state index is 0.155. The average molecular weight is 440 g/mol. The molecule has 0 fully saturated rings. The standard InChI is InChI=1S/C19H18ClNO7S/c1-25-14-8-11(9-15(26-2)17(14)27-3)29(23,24)18-12-7-10(20)5-6-13(12)21-16(18)19(22)28-4/h5-9,21H,1-4H3. The third-order valence-corrected chi connectivity index (χ3v) is 6.37. The molecule has 0 spiro atoms. The highest BCUT2D eigenvalue weighted by molar-refractivity contribution is 7.91. The Morgan fingerprint density at radius 2 is 1.59 bits per heavy atom. The first-order valence-corrected chi connectivity index (χ1v) is 10.1. The van der Waals surface area contributed by atoms with Crippen LogP contribution in [0.15, 0.2) is 40.1 Å². The molecule has 2 aromatic carbocycles. The van der Waals surface area contributed by atoms with Crippen molar-refractivity contribution in [2.24, 2.45) is 0 Å². The smallest absolute Gasteiger partial charge is 0.355 e. The molecule has 0 amide bonds. The van der Waals surface area contributed by atoms with Crippen LogP contribution in [0.4, 0.5) is 0 Å². The second kappa shape index (κ2) is 7.84. The summed E-state index contributed by atoms with van der Waals surface area (Å²) >= 11 is 6.06. The van der Waals surface area contributed by atoms with Crippen molar-refractivity contribution < 1.29 is 32.2 Å². The zero-order chi connectivity index (χ0) is 21.3. The van der Waals surface area contributed by atoms with Crippen molar-refractivity contribution in [1.82, 2.24) is 4.98 Å². The molecule has 3 rings (SSSR count). The Hall–Kier alpha value is -2.91. The SMILES string of the molecule is COC(=O)c1[nH]c2ccc(Cl)cc2c1S(=O)(=O)c1cc(OC)c(OC)c(OC)c1. The fourth-order valence-corrected chi connectivity index (χ4v) is 4.79. The molecular formula is C19H18ClNO7S. The van der Waals surface area contributed by atoms with Crippen molar-refractivity contribution in [3.8, 4) is 17.2 Å². The van der Waals surface area contributed by atoms with Gasteiger partial charge in [-0.05, 0) is 18.2 Å². The fraction of sp³-hybridized carbons (Fsp3) is 0.211. The molecule has 1 aromatic heterocycles. The van der Waals surface area contributed by atoms with Gasteiger partial charge in [0.05, 0.1) is 33.3 Å². The van der Waals surface area contributed by atoms with Gasteiger partial charge in [0.1, 0.15) is 10.6 Å². The normalized spacial score (nSPS) is 11.3. The van der Waals surface area contributed by atoms with Gasteiger partial charge in [0.15, 0.2) is 11.5 Å². The number of methoxy groups -OCH3 is 4. The van der Waals surface area contributed by atoms with Crippen molar-refractivity contribution in [3.63, 3.8) is 0 Å². The molecule has 154 valence electrons. The molecule has 3 aromatic rings. The first-order valence-electron chi connectivity index (χ1n) is 8.23. The van der Waals surface area contributed by atoms with Gasteiger partial charge in [0, 0.05) is 28.1 Å². The summed E-state index contributed by atoms with van der Waals surface area (Å²) in [6, 6.07) is 7.21. The lowest BCUT2D eigenvalue weighted by molar-refractivity contribution is 0.0590. The fourth-order valence-electron chi connectivity index (χ4n) is 2.99. The molecule has 0 radical (unpaired) electrons. The lowest BCUT2D eigenvalue weighted by Crippen LogP contribution is -2.11. The maximum absolute atomic E-state index is 13.6. The highest BCUT2D eigenvalue weighted by atomic mass is 35.5. The molecule has 8 nitrogen and oxygen atoms in total. The third-order valence-electron chi connectivity index (χ3n) is 4.32. The van der Waals surface area contributed by atoms with Gasteiger partial charge >= 0.3 is 5.97 Å². The molecule has 0 aliphatic carbocycles. The van der Waals surface area contributed by atoms with Crippen LogP contribution in [0.25, 0.3) is 10.9 Å². The van der Waals surface area contributed by atoms with Crippen LogP contribution in [0.2, 0.25) is 5.02 Å². The Kier molecular flexibility index (Phi) is 5.63. The quantitative estimate of drug-likeness (QED) is 0.586. The Balaban J connectivity index is 2.37. The number of hydrogen-bond donors (Lipinski definition) is 1. The Morgan fingerprint density at radius 1 is 0.966 bits per heavy atom. The number of aromatic amines is 1. The number of hydrogen-bond acceptors (Lipinski definition) is 7. The number of fused-ring (bicyclic) bond motifs is 1. The van der Waals surface area contributed by atoms with Gasteiger partial charge in [0.2, 0.25) is 15.6 Å². The number of esters is 1. The largest absolute Gasteiger partial charge is 0.493 e. The maximum Gasteiger partial charge on any atom is 0.355 e. The molecule has 10 heteroatoms. The molecule has 0 saturated heterocycles. The number of ether oxygens (including phenoxy) is 4. The van der Waals surface area contributed by atoms with Gasteiger partial charge in [-0.1, -0.05) is 11.6 Å². The molecule has 0 aliphatic rings. The zero-order valence-electron chi connectivity index (χ0n) is 16.0. The number of rotatable bonds is 6. The number of halogens is 1. The number of H-pyrrole nitrogens is 1. The Labute approximate surface area is 172 Å². The second-order valence-electron chi connectivity index (χ2n) is 5.88. The van der Waals surface area contributed by atoms with E-state index in [1.54, 1.807) is 12.1 Å². The minimum atomic E-state index is -4.22. The molecular weight excluding hydrogens is 422 g/mol. The minimum Gasteiger partial charge on any atom is -0.493 e. The number of carbonyl (C=O) groups is 1. The van der Waals surface area contributed by atoms with Crippen LogP contribution in [-0.2, 0) is 14.6 Å². The summed E-state index contributed by atoms with van der Waals surface area (Å²) in [5.41, 5.74) is 0.208. The lowest BCUT2D eigenvalue weighted by Gasteiger charge is -2.14. The van der Waals surface area contributed by atoms with Crippen LogP contribution in [0.1, 0.15) is 10.5 Å². The highest BCUT2D eigenvalue weighted by Crippen LogP contribution is 2.42. The van der Waals surface area contributed by atoms with Crippen molar-refractivity contribution in [2.45, 2.75) is 9.79 Å². The number of nitrogens with one attached hydrogen (secondary N) is 1. The summed E-state index contributed by atoms with van der Waals surface area (Å²) in [4.78, 5) is 14.7. The summed E-state index contributed by atoms with van der Waals surface area (Å²) in [5.74, 6) is -0.279. The van der Waals surface area contributed by atoms with Gasteiger partial charge in [-0.3, -0.25) is 0 Å². The highest BCUT2D eigenvalue weighted by Gasteiger charge is 2.32. The van der Waals surface area contributed by atoms with Crippen molar-refractivity contribution in [1.29, 1.82) is 0 Å². The van der Waals surface area contributed by atoms with E-state index in [1.165, 1.54) is 39.5 Å². The van der Waals surface area contributed by atoms with Crippen LogP contribution in [0, 0.1) is 0 Å². The molecule has 0 aliphatic heterocycles. The van der Waals surface area contributed by atoms with E-state index in [0.29, 0.717) is 10.5 Å². The van der Waals surface area contributed by atoms with Crippen molar-refractivity contribution in [2.75, 3.05) is 28.4 Å². The summed E-state index contributed by atoms with van der Waals surface area (Å²) < 4.78 is 47.6. The first-order chi connectivity index (χ1) is 13.8. The molecule has 0 bridgehead atoms. The number of benzene rings is 2. The second-order valence-corrected chi connectivity index (χ2v) is 8.20. The van der Waals surface area contributed by atoms with Crippen molar-refractivity contribution in [3.05, 3.63) is 41.0 Å². The van der Waals surface area contributed by atoms with E-state index >= 15 is 0 Å². The molecule has 0 atom stereocenters. The maximum atomic E-state index is 13.6.